The maximum Gasteiger partial charge on any atom is 0.333 e. The van der Waals surface area contributed by atoms with Crippen molar-refractivity contribution >= 4 is 5.97 Å². The molecule has 0 N–H and O–H groups in total. The molecule has 2 nitrogen and oxygen atoms in total. The van der Waals surface area contributed by atoms with Gasteiger partial charge in [0.1, 0.15) is 6.61 Å². The van der Waals surface area contributed by atoms with E-state index in [1.165, 1.54) is 0 Å². The standard InChI is InChI=1S/C9H14O2/c1-7(2)5-6-11-9(10)8(3)4/h5H,3,6H2,1-2,4H3. The number of allylic oxidation sites excluding steroid dienone is 1. The maximum atomic E-state index is 10.8. The molecule has 0 aliphatic rings. The SMILES string of the molecule is C=C(C)C(=O)OCC=C(C)C. The highest BCUT2D eigenvalue weighted by molar-refractivity contribution is 5.86. The Morgan fingerprint density at radius 2 is 2.00 bits per heavy atom. The van der Waals surface area contributed by atoms with Crippen molar-refractivity contribution in [1.82, 2.24) is 0 Å². The van der Waals surface area contributed by atoms with Crippen molar-refractivity contribution < 1.29 is 9.53 Å². The van der Waals surface area contributed by atoms with Gasteiger partial charge in [-0.05, 0) is 26.8 Å². The molecule has 0 rings (SSSR count). The van der Waals surface area contributed by atoms with E-state index in [4.69, 9.17) is 4.74 Å². The number of hydrogen-bond donors (Lipinski definition) is 0. The third-order valence-electron chi connectivity index (χ3n) is 1.05. The molecule has 0 fully saturated rings. The van der Waals surface area contributed by atoms with E-state index in [9.17, 15) is 4.79 Å². The van der Waals surface area contributed by atoms with Gasteiger partial charge in [0.25, 0.3) is 0 Å². The van der Waals surface area contributed by atoms with Crippen molar-refractivity contribution in [3.63, 3.8) is 0 Å². The van der Waals surface area contributed by atoms with Crippen molar-refractivity contribution in [3.05, 3.63) is 23.8 Å². The van der Waals surface area contributed by atoms with Crippen molar-refractivity contribution in [2.75, 3.05) is 6.61 Å². The minimum atomic E-state index is -0.331. The number of ether oxygens (including phenoxy) is 1. The largest absolute Gasteiger partial charge is 0.458 e. The Balaban J connectivity index is 3.64. The van der Waals surface area contributed by atoms with Gasteiger partial charge in [-0.25, -0.2) is 4.79 Å². The molecule has 0 aliphatic heterocycles. The predicted molar refractivity (Wildman–Crippen MR) is 45.2 cm³/mol. The third kappa shape index (κ3) is 5.40. The Morgan fingerprint density at radius 3 is 2.36 bits per heavy atom. The maximum absolute atomic E-state index is 10.8. The van der Waals surface area contributed by atoms with Gasteiger partial charge in [0.15, 0.2) is 0 Å². The van der Waals surface area contributed by atoms with E-state index in [2.05, 4.69) is 6.58 Å². The van der Waals surface area contributed by atoms with Crippen LogP contribution in [-0.4, -0.2) is 12.6 Å². The Labute approximate surface area is 67.6 Å². The van der Waals surface area contributed by atoms with E-state index in [0.29, 0.717) is 12.2 Å². The second kappa shape index (κ2) is 4.72. The lowest BCUT2D eigenvalue weighted by molar-refractivity contribution is -0.137. The molecule has 0 spiro atoms. The van der Waals surface area contributed by atoms with Gasteiger partial charge < -0.3 is 4.74 Å². The molecule has 0 radical (unpaired) electrons. The topological polar surface area (TPSA) is 26.3 Å². The first-order chi connectivity index (χ1) is 5.04. The van der Waals surface area contributed by atoms with Gasteiger partial charge in [-0.1, -0.05) is 12.2 Å². The van der Waals surface area contributed by atoms with Crippen LogP contribution in [0.15, 0.2) is 23.8 Å². The zero-order valence-electron chi connectivity index (χ0n) is 7.31. The molecule has 0 aromatic rings. The number of hydrogen-bond acceptors (Lipinski definition) is 2. The monoisotopic (exact) mass is 154 g/mol. The van der Waals surface area contributed by atoms with Crippen LogP contribution in [0, 0.1) is 0 Å². The van der Waals surface area contributed by atoms with E-state index in [0.717, 1.165) is 5.57 Å². The molecule has 0 saturated carbocycles. The number of esters is 1. The summed E-state index contributed by atoms with van der Waals surface area (Å²) in [4.78, 5) is 10.8. The molecule has 0 saturated heterocycles. The average molecular weight is 154 g/mol. The van der Waals surface area contributed by atoms with Gasteiger partial charge in [-0.15, -0.1) is 0 Å². The molecular weight excluding hydrogens is 140 g/mol. The molecule has 0 amide bonds. The van der Waals surface area contributed by atoms with Crippen LogP contribution in [0.5, 0.6) is 0 Å². The van der Waals surface area contributed by atoms with Crippen LogP contribution in [0.2, 0.25) is 0 Å². The average Bonchev–Trinajstić information content (AvgIpc) is 1.86. The van der Waals surface area contributed by atoms with Crippen LogP contribution < -0.4 is 0 Å². The summed E-state index contributed by atoms with van der Waals surface area (Å²) in [7, 11) is 0. The molecule has 0 unspecified atom stereocenters. The van der Waals surface area contributed by atoms with Crippen LogP contribution >= 0.6 is 0 Å². The summed E-state index contributed by atoms with van der Waals surface area (Å²) in [6.07, 6.45) is 1.85. The minimum absolute atomic E-state index is 0.331. The lowest BCUT2D eigenvalue weighted by Crippen LogP contribution is -2.04. The first kappa shape index (κ1) is 9.95. The Hall–Kier alpha value is -1.05. The number of carbonyl (C=O) groups is 1. The molecule has 2 heteroatoms. The third-order valence-corrected chi connectivity index (χ3v) is 1.05. The highest BCUT2D eigenvalue weighted by Crippen LogP contribution is 1.94. The minimum Gasteiger partial charge on any atom is -0.458 e. The van der Waals surface area contributed by atoms with E-state index >= 15 is 0 Å². The fraction of sp³-hybridized carbons (Fsp3) is 0.444. The zero-order chi connectivity index (χ0) is 8.85. The highest BCUT2D eigenvalue weighted by atomic mass is 16.5. The van der Waals surface area contributed by atoms with Gasteiger partial charge >= 0.3 is 5.97 Å². The molecule has 0 aliphatic carbocycles. The summed E-state index contributed by atoms with van der Waals surface area (Å²) in [6, 6.07) is 0. The van der Waals surface area contributed by atoms with E-state index in [-0.39, 0.29) is 5.97 Å². The lowest BCUT2D eigenvalue weighted by atomic mass is 10.3. The molecule has 0 aromatic carbocycles. The molecular formula is C9H14O2. The van der Waals surface area contributed by atoms with Crippen molar-refractivity contribution in [2.45, 2.75) is 20.8 Å². The van der Waals surface area contributed by atoms with Crippen LogP contribution in [0.1, 0.15) is 20.8 Å². The van der Waals surface area contributed by atoms with Crippen LogP contribution in [0.3, 0.4) is 0 Å². The quantitative estimate of drug-likeness (QED) is 0.353. The van der Waals surface area contributed by atoms with E-state index < -0.39 is 0 Å². The Bertz CT molecular complexity index is 186. The fourth-order valence-corrected chi connectivity index (χ4v) is 0.407. The zero-order valence-corrected chi connectivity index (χ0v) is 7.31. The first-order valence-corrected chi connectivity index (χ1v) is 3.50. The highest BCUT2D eigenvalue weighted by Gasteiger charge is 1.99. The predicted octanol–water partition coefficient (Wildman–Crippen LogP) is 2.07. The van der Waals surface area contributed by atoms with E-state index in [1.807, 2.05) is 19.9 Å². The summed E-state index contributed by atoms with van der Waals surface area (Å²) in [5.41, 5.74) is 1.58. The summed E-state index contributed by atoms with van der Waals surface area (Å²) in [5, 5.41) is 0. The molecule has 0 atom stereocenters. The second-order valence-corrected chi connectivity index (χ2v) is 2.66. The smallest absolute Gasteiger partial charge is 0.333 e. The van der Waals surface area contributed by atoms with Crippen molar-refractivity contribution in [2.24, 2.45) is 0 Å². The second-order valence-electron chi connectivity index (χ2n) is 2.66. The lowest BCUT2D eigenvalue weighted by Gasteiger charge is -1.99. The van der Waals surface area contributed by atoms with Gasteiger partial charge in [0.05, 0.1) is 0 Å². The molecule has 62 valence electrons. The van der Waals surface area contributed by atoms with Crippen LogP contribution in [-0.2, 0) is 9.53 Å². The van der Waals surface area contributed by atoms with Crippen LogP contribution in [0.25, 0.3) is 0 Å². The molecule has 0 heterocycles. The van der Waals surface area contributed by atoms with Crippen LogP contribution in [0.4, 0.5) is 0 Å². The molecule has 0 bridgehead atoms. The first-order valence-electron chi connectivity index (χ1n) is 3.50. The van der Waals surface area contributed by atoms with Gasteiger partial charge in [0.2, 0.25) is 0 Å². The van der Waals surface area contributed by atoms with Gasteiger partial charge in [-0.2, -0.15) is 0 Å². The molecule has 0 aromatic heterocycles. The number of rotatable bonds is 3. The molecule has 11 heavy (non-hydrogen) atoms. The van der Waals surface area contributed by atoms with E-state index in [1.54, 1.807) is 6.92 Å². The fourth-order valence-electron chi connectivity index (χ4n) is 0.407. The Kier molecular flexibility index (Phi) is 4.27. The number of carbonyl (C=O) groups excluding carboxylic acids is 1. The normalized spacial score (nSPS) is 8.64. The summed E-state index contributed by atoms with van der Waals surface area (Å²) >= 11 is 0. The summed E-state index contributed by atoms with van der Waals surface area (Å²) in [5.74, 6) is -0.331. The van der Waals surface area contributed by atoms with Crippen molar-refractivity contribution in [3.8, 4) is 0 Å². The Morgan fingerprint density at radius 1 is 1.45 bits per heavy atom. The summed E-state index contributed by atoms with van der Waals surface area (Å²) in [6.45, 7) is 9.33. The van der Waals surface area contributed by atoms with Crippen molar-refractivity contribution in [1.29, 1.82) is 0 Å². The van der Waals surface area contributed by atoms with Gasteiger partial charge in [0, 0.05) is 5.57 Å². The van der Waals surface area contributed by atoms with Gasteiger partial charge in [-0.3, -0.25) is 0 Å². The summed E-state index contributed by atoms with van der Waals surface area (Å²) < 4.78 is 4.80.